The van der Waals surface area contributed by atoms with Crippen LogP contribution in [0.3, 0.4) is 0 Å². The fourth-order valence-electron chi connectivity index (χ4n) is 5.93. The van der Waals surface area contributed by atoms with Gasteiger partial charge in [0.2, 0.25) is 5.91 Å². The second kappa shape index (κ2) is 8.96. The molecule has 9 heteroatoms. The predicted molar refractivity (Wildman–Crippen MR) is 120 cm³/mol. The Morgan fingerprint density at radius 2 is 1.62 bits per heavy atom. The Balaban J connectivity index is 1.37. The maximum Gasteiger partial charge on any atom is 0.230 e. The first-order chi connectivity index (χ1) is 15.5. The molecule has 32 heavy (non-hydrogen) atoms. The van der Waals surface area contributed by atoms with Crippen LogP contribution in [-0.4, -0.2) is 92.7 Å². The molecule has 2 atom stereocenters. The van der Waals surface area contributed by atoms with Crippen molar-refractivity contribution in [1.82, 2.24) is 34.3 Å². The van der Waals surface area contributed by atoms with Gasteiger partial charge in [0, 0.05) is 83.4 Å². The van der Waals surface area contributed by atoms with Gasteiger partial charge in [0.05, 0.1) is 31.0 Å². The smallest absolute Gasteiger partial charge is 0.230 e. The van der Waals surface area contributed by atoms with E-state index in [-0.39, 0.29) is 5.41 Å². The molecule has 0 aliphatic carbocycles. The number of nitrogens with zero attached hydrogens (tertiary/aromatic N) is 7. The molecular formula is C23H35N7O2. The van der Waals surface area contributed by atoms with Crippen molar-refractivity contribution in [2.45, 2.75) is 25.9 Å². The van der Waals surface area contributed by atoms with E-state index in [1.54, 1.807) is 0 Å². The van der Waals surface area contributed by atoms with E-state index in [4.69, 9.17) is 4.74 Å². The number of hydrogen-bond acceptors (Lipinski definition) is 6. The fourth-order valence-corrected chi connectivity index (χ4v) is 5.93. The first kappa shape index (κ1) is 21.6. The molecule has 1 amide bonds. The second-order valence-corrected chi connectivity index (χ2v) is 9.81. The van der Waals surface area contributed by atoms with Gasteiger partial charge in [0.25, 0.3) is 0 Å². The molecule has 3 aliphatic heterocycles. The van der Waals surface area contributed by atoms with Crippen LogP contribution in [0.25, 0.3) is 0 Å². The Bertz CT molecular complexity index is 934. The molecule has 9 nitrogen and oxygen atoms in total. The Kier molecular flexibility index (Phi) is 6.05. The van der Waals surface area contributed by atoms with Crippen LogP contribution >= 0.6 is 0 Å². The molecule has 0 saturated carbocycles. The molecule has 3 aliphatic rings. The van der Waals surface area contributed by atoms with Crippen LogP contribution < -0.4 is 0 Å². The van der Waals surface area contributed by atoms with Gasteiger partial charge in [-0.2, -0.15) is 10.2 Å². The van der Waals surface area contributed by atoms with Gasteiger partial charge in [-0.1, -0.05) is 0 Å². The third kappa shape index (κ3) is 4.33. The topological polar surface area (TPSA) is 71.7 Å². The summed E-state index contributed by atoms with van der Waals surface area (Å²) in [5, 5.41) is 8.67. The summed E-state index contributed by atoms with van der Waals surface area (Å²) >= 11 is 0. The Morgan fingerprint density at radius 1 is 1.00 bits per heavy atom. The van der Waals surface area contributed by atoms with Crippen molar-refractivity contribution in [3.8, 4) is 0 Å². The average molecular weight is 442 g/mol. The van der Waals surface area contributed by atoms with E-state index in [0.29, 0.717) is 25.0 Å². The summed E-state index contributed by atoms with van der Waals surface area (Å²) in [6.45, 7) is 8.27. The molecule has 0 radical (unpaired) electrons. The van der Waals surface area contributed by atoms with Crippen LogP contribution in [0.2, 0.25) is 0 Å². The first-order valence-corrected chi connectivity index (χ1v) is 11.8. The molecular weight excluding hydrogens is 406 g/mol. The molecule has 5 rings (SSSR count). The summed E-state index contributed by atoms with van der Waals surface area (Å²) in [6, 6.07) is 0. The van der Waals surface area contributed by atoms with Gasteiger partial charge >= 0.3 is 0 Å². The number of hydrogen-bond donors (Lipinski definition) is 0. The zero-order valence-electron chi connectivity index (χ0n) is 19.3. The zero-order chi connectivity index (χ0) is 22.1. The van der Waals surface area contributed by atoms with E-state index in [2.05, 4.69) is 37.3 Å². The van der Waals surface area contributed by atoms with Gasteiger partial charge in [0.1, 0.15) is 0 Å². The number of carbonyl (C=O) groups excluding carboxylic acids is 1. The third-order valence-electron chi connectivity index (χ3n) is 7.39. The molecule has 2 aromatic heterocycles. The fraction of sp³-hybridized carbons (Fsp3) is 0.696. The van der Waals surface area contributed by atoms with Crippen molar-refractivity contribution in [3.63, 3.8) is 0 Å². The lowest BCUT2D eigenvalue weighted by molar-refractivity contribution is -0.148. The van der Waals surface area contributed by atoms with Gasteiger partial charge in [-0.15, -0.1) is 0 Å². The largest absolute Gasteiger partial charge is 0.378 e. The highest BCUT2D eigenvalue weighted by Crippen LogP contribution is 2.45. The maximum absolute atomic E-state index is 14.0. The van der Waals surface area contributed by atoms with Crippen molar-refractivity contribution in [2.24, 2.45) is 25.4 Å². The number of amides is 1. The Morgan fingerprint density at radius 3 is 2.25 bits per heavy atom. The summed E-state index contributed by atoms with van der Waals surface area (Å²) in [5.41, 5.74) is 2.15. The number of morpholine rings is 1. The number of carbonyl (C=O) groups is 1. The molecule has 0 aromatic carbocycles. The molecule has 5 heterocycles. The highest BCUT2D eigenvalue weighted by molar-refractivity contribution is 5.84. The monoisotopic (exact) mass is 441 g/mol. The van der Waals surface area contributed by atoms with Crippen LogP contribution in [-0.2, 0) is 36.7 Å². The van der Waals surface area contributed by atoms with E-state index in [0.717, 1.165) is 65.2 Å². The molecule has 3 fully saturated rings. The third-order valence-corrected chi connectivity index (χ3v) is 7.39. The second-order valence-electron chi connectivity index (χ2n) is 9.81. The zero-order valence-corrected chi connectivity index (χ0v) is 19.3. The van der Waals surface area contributed by atoms with Crippen molar-refractivity contribution in [2.75, 3.05) is 52.5 Å². The van der Waals surface area contributed by atoms with Crippen LogP contribution in [0, 0.1) is 11.3 Å². The molecule has 0 N–H and O–H groups in total. The number of ether oxygens (including phenoxy) is 1. The lowest BCUT2D eigenvalue weighted by Crippen LogP contribution is -2.52. The summed E-state index contributed by atoms with van der Waals surface area (Å²) in [7, 11) is 3.92. The van der Waals surface area contributed by atoms with Crippen molar-refractivity contribution < 1.29 is 9.53 Å². The van der Waals surface area contributed by atoms with Crippen molar-refractivity contribution in [1.29, 1.82) is 0 Å². The van der Waals surface area contributed by atoms with E-state index in [1.807, 2.05) is 35.9 Å². The summed E-state index contributed by atoms with van der Waals surface area (Å²) < 4.78 is 9.25. The van der Waals surface area contributed by atoms with Crippen molar-refractivity contribution >= 4 is 5.91 Å². The van der Waals surface area contributed by atoms with Crippen LogP contribution in [0.1, 0.15) is 24.0 Å². The average Bonchev–Trinajstić information content (AvgIpc) is 3.45. The highest BCUT2D eigenvalue weighted by Gasteiger charge is 2.54. The number of rotatable bonds is 5. The van der Waals surface area contributed by atoms with E-state index >= 15 is 0 Å². The SMILES string of the molecule is Cn1cc(CN2CCC[C@@]3(C(=O)N4CCOCC4)CN(Cc4cnn(C)c4)C[C@H]3C2)cn1. The minimum Gasteiger partial charge on any atom is -0.378 e. The Hall–Kier alpha value is -2.23. The Labute approximate surface area is 189 Å². The molecule has 0 bridgehead atoms. The molecule has 0 spiro atoms. The molecule has 0 unspecified atom stereocenters. The van der Waals surface area contributed by atoms with Crippen molar-refractivity contribution in [3.05, 3.63) is 35.9 Å². The lowest BCUT2D eigenvalue weighted by Gasteiger charge is -2.39. The summed E-state index contributed by atoms with van der Waals surface area (Å²) in [6.07, 6.45) is 10.1. The predicted octanol–water partition coefficient (Wildman–Crippen LogP) is 0.727. The van der Waals surface area contributed by atoms with Gasteiger partial charge in [0.15, 0.2) is 0 Å². The summed E-state index contributed by atoms with van der Waals surface area (Å²) in [4.78, 5) is 21.1. The standard InChI is InChI=1S/C23H35N7O2/c1-26-12-19(10-24-26)14-28-5-3-4-23(22(31)30-6-8-32-9-7-30)18-29(17-21(23)16-28)15-20-11-25-27(2)13-20/h10-13,21H,3-9,14-18H2,1-2H3/t21-,23-/m1/s1. The minimum atomic E-state index is -0.302. The van der Waals surface area contributed by atoms with Gasteiger partial charge < -0.3 is 9.64 Å². The first-order valence-electron chi connectivity index (χ1n) is 11.8. The van der Waals surface area contributed by atoms with Gasteiger partial charge in [-0.05, 0) is 25.3 Å². The quantitative estimate of drug-likeness (QED) is 0.681. The maximum atomic E-state index is 14.0. The van der Waals surface area contributed by atoms with Crippen LogP contribution in [0.15, 0.2) is 24.8 Å². The van der Waals surface area contributed by atoms with E-state index < -0.39 is 0 Å². The molecule has 3 saturated heterocycles. The summed E-state index contributed by atoms with van der Waals surface area (Å²) in [5.74, 6) is 0.677. The molecule has 2 aromatic rings. The highest BCUT2D eigenvalue weighted by atomic mass is 16.5. The number of fused-ring (bicyclic) bond motifs is 1. The van der Waals surface area contributed by atoms with E-state index in [1.165, 1.54) is 11.1 Å². The number of aromatic nitrogens is 4. The van der Waals surface area contributed by atoms with E-state index in [9.17, 15) is 4.79 Å². The lowest BCUT2D eigenvalue weighted by atomic mass is 9.73. The minimum absolute atomic E-state index is 0.302. The number of aryl methyl sites for hydroxylation is 2. The van der Waals surface area contributed by atoms with Gasteiger partial charge in [-0.3, -0.25) is 24.0 Å². The van der Waals surface area contributed by atoms with Crippen LogP contribution in [0.4, 0.5) is 0 Å². The van der Waals surface area contributed by atoms with Crippen LogP contribution in [0.5, 0.6) is 0 Å². The number of likely N-dealkylation sites (tertiary alicyclic amines) is 2. The van der Waals surface area contributed by atoms with Gasteiger partial charge in [-0.25, -0.2) is 0 Å². The molecule has 174 valence electrons. The normalized spacial score (nSPS) is 27.4.